The van der Waals surface area contributed by atoms with Gasteiger partial charge in [0.25, 0.3) is 0 Å². The zero-order valence-electron chi connectivity index (χ0n) is 12.4. The predicted octanol–water partition coefficient (Wildman–Crippen LogP) is 2.40. The van der Waals surface area contributed by atoms with E-state index in [1.807, 2.05) is 30.3 Å². The number of hydrogen-bond donors (Lipinski definition) is 2. The van der Waals surface area contributed by atoms with Crippen molar-refractivity contribution >= 4 is 5.97 Å². The van der Waals surface area contributed by atoms with Crippen molar-refractivity contribution in [3.63, 3.8) is 0 Å². The van der Waals surface area contributed by atoms with Crippen molar-refractivity contribution < 1.29 is 19.4 Å². The normalized spacial score (nSPS) is 11.7. The molecule has 2 rings (SSSR count). The highest BCUT2D eigenvalue weighted by molar-refractivity contribution is 5.75. The second kappa shape index (κ2) is 7.47. The number of carboxylic acid groups (broad SMARTS) is 1. The standard InChI is InChI=1S/C17H19NO4/c1-21-15-11-13(16(18)17(19)20)7-8-14(15)22-10-9-12-5-3-2-4-6-12/h2-8,11,16H,9-10,18H2,1H3,(H,19,20). The number of hydrogen-bond acceptors (Lipinski definition) is 4. The maximum atomic E-state index is 10.9. The SMILES string of the molecule is COc1cc(C(N)C(=O)O)ccc1OCCc1ccccc1. The van der Waals surface area contributed by atoms with E-state index < -0.39 is 12.0 Å². The molecule has 0 saturated heterocycles. The third-order valence-corrected chi connectivity index (χ3v) is 3.30. The molecule has 0 aliphatic carbocycles. The molecule has 5 heteroatoms. The van der Waals surface area contributed by atoms with Crippen molar-refractivity contribution in [1.82, 2.24) is 0 Å². The Balaban J connectivity index is 2.03. The molecule has 5 nitrogen and oxygen atoms in total. The van der Waals surface area contributed by atoms with E-state index in [1.54, 1.807) is 18.2 Å². The summed E-state index contributed by atoms with van der Waals surface area (Å²) in [4.78, 5) is 10.9. The Morgan fingerprint density at radius 1 is 1.18 bits per heavy atom. The highest BCUT2D eigenvalue weighted by Gasteiger charge is 2.16. The van der Waals surface area contributed by atoms with Gasteiger partial charge < -0.3 is 20.3 Å². The Labute approximate surface area is 129 Å². The van der Waals surface area contributed by atoms with Gasteiger partial charge >= 0.3 is 5.97 Å². The highest BCUT2D eigenvalue weighted by atomic mass is 16.5. The number of rotatable bonds is 7. The van der Waals surface area contributed by atoms with Gasteiger partial charge in [0.2, 0.25) is 0 Å². The first-order chi connectivity index (χ1) is 10.6. The Kier molecular flexibility index (Phi) is 5.38. The lowest BCUT2D eigenvalue weighted by molar-refractivity contribution is -0.138. The maximum Gasteiger partial charge on any atom is 0.325 e. The molecule has 22 heavy (non-hydrogen) atoms. The zero-order valence-corrected chi connectivity index (χ0v) is 12.4. The molecule has 0 bridgehead atoms. The maximum absolute atomic E-state index is 10.9. The van der Waals surface area contributed by atoms with Gasteiger partial charge in [-0.3, -0.25) is 4.79 Å². The molecule has 2 aromatic carbocycles. The molecular formula is C17H19NO4. The Morgan fingerprint density at radius 2 is 1.91 bits per heavy atom. The summed E-state index contributed by atoms with van der Waals surface area (Å²) >= 11 is 0. The average molecular weight is 301 g/mol. The number of methoxy groups -OCH3 is 1. The lowest BCUT2D eigenvalue weighted by atomic mass is 10.1. The molecule has 0 saturated carbocycles. The number of ether oxygens (including phenoxy) is 2. The van der Waals surface area contributed by atoms with Crippen molar-refractivity contribution in [2.75, 3.05) is 13.7 Å². The fraction of sp³-hybridized carbons (Fsp3) is 0.235. The van der Waals surface area contributed by atoms with Gasteiger partial charge in [-0.1, -0.05) is 36.4 Å². The van der Waals surface area contributed by atoms with Crippen LogP contribution in [0.4, 0.5) is 0 Å². The van der Waals surface area contributed by atoms with E-state index in [4.69, 9.17) is 20.3 Å². The molecule has 0 aliphatic rings. The first-order valence-electron chi connectivity index (χ1n) is 6.95. The van der Waals surface area contributed by atoms with E-state index in [2.05, 4.69) is 0 Å². The van der Waals surface area contributed by atoms with E-state index in [0.717, 1.165) is 6.42 Å². The van der Waals surface area contributed by atoms with Crippen LogP contribution in [0.1, 0.15) is 17.2 Å². The van der Waals surface area contributed by atoms with Gasteiger partial charge in [0.15, 0.2) is 11.5 Å². The first kappa shape index (κ1) is 15.9. The molecule has 0 radical (unpaired) electrons. The quantitative estimate of drug-likeness (QED) is 0.820. The molecule has 1 atom stereocenters. The van der Waals surface area contributed by atoms with Crippen LogP contribution in [-0.4, -0.2) is 24.8 Å². The molecule has 0 fully saturated rings. The molecule has 2 aromatic rings. The number of carbonyl (C=O) groups is 1. The number of nitrogens with two attached hydrogens (primary N) is 1. The summed E-state index contributed by atoms with van der Waals surface area (Å²) in [5, 5.41) is 8.94. The molecular weight excluding hydrogens is 282 g/mol. The van der Waals surface area contributed by atoms with Crippen molar-refractivity contribution in [3.8, 4) is 11.5 Å². The van der Waals surface area contributed by atoms with Crippen LogP contribution in [0.5, 0.6) is 11.5 Å². The lowest BCUT2D eigenvalue weighted by Crippen LogP contribution is -2.20. The van der Waals surface area contributed by atoms with Gasteiger partial charge in [-0.25, -0.2) is 0 Å². The van der Waals surface area contributed by atoms with Crippen molar-refractivity contribution in [1.29, 1.82) is 0 Å². The number of benzene rings is 2. The first-order valence-corrected chi connectivity index (χ1v) is 6.95. The van der Waals surface area contributed by atoms with Crippen LogP contribution in [0, 0.1) is 0 Å². The van der Waals surface area contributed by atoms with Crippen LogP contribution in [0.3, 0.4) is 0 Å². The summed E-state index contributed by atoms with van der Waals surface area (Å²) in [5.74, 6) is -0.0400. The van der Waals surface area contributed by atoms with Crippen LogP contribution < -0.4 is 15.2 Å². The molecule has 0 aromatic heterocycles. The second-order valence-electron chi connectivity index (χ2n) is 4.81. The second-order valence-corrected chi connectivity index (χ2v) is 4.81. The van der Waals surface area contributed by atoms with Gasteiger partial charge in [0, 0.05) is 6.42 Å². The summed E-state index contributed by atoms with van der Waals surface area (Å²) in [6.07, 6.45) is 0.778. The number of carboxylic acids is 1. The largest absolute Gasteiger partial charge is 0.493 e. The average Bonchev–Trinajstić information content (AvgIpc) is 2.55. The summed E-state index contributed by atoms with van der Waals surface area (Å²) in [7, 11) is 1.51. The third kappa shape index (κ3) is 3.99. The summed E-state index contributed by atoms with van der Waals surface area (Å²) in [6, 6.07) is 13.9. The van der Waals surface area contributed by atoms with Crippen LogP contribution in [0.15, 0.2) is 48.5 Å². The summed E-state index contributed by atoms with van der Waals surface area (Å²) in [5.41, 5.74) is 7.25. The Bertz CT molecular complexity index is 628. The molecule has 3 N–H and O–H groups in total. The van der Waals surface area contributed by atoms with Crippen LogP contribution >= 0.6 is 0 Å². The van der Waals surface area contributed by atoms with Crippen LogP contribution in [0.2, 0.25) is 0 Å². The molecule has 0 spiro atoms. The summed E-state index contributed by atoms with van der Waals surface area (Å²) < 4.78 is 11.0. The molecule has 116 valence electrons. The van der Waals surface area contributed by atoms with Gasteiger partial charge in [0.1, 0.15) is 6.04 Å². The lowest BCUT2D eigenvalue weighted by Gasteiger charge is -2.14. The van der Waals surface area contributed by atoms with Crippen molar-refractivity contribution in [2.45, 2.75) is 12.5 Å². The monoisotopic (exact) mass is 301 g/mol. The molecule has 0 aliphatic heterocycles. The minimum absolute atomic E-state index is 0.472. The van der Waals surface area contributed by atoms with Crippen LogP contribution in [-0.2, 0) is 11.2 Å². The highest BCUT2D eigenvalue weighted by Crippen LogP contribution is 2.30. The van der Waals surface area contributed by atoms with E-state index in [9.17, 15) is 4.79 Å². The fourth-order valence-corrected chi connectivity index (χ4v) is 2.06. The molecule has 1 unspecified atom stereocenters. The van der Waals surface area contributed by atoms with Crippen molar-refractivity contribution in [2.24, 2.45) is 5.73 Å². The molecule has 0 heterocycles. The zero-order chi connectivity index (χ0) is 15.9. The Hall–Kier alpha value is -2.53. The molecule has 0 amide bonds. The topological polar surface area (TPSA) is 81.8 Å². The van der Waals surface area contributed by atoms with Gasteiger partial charge in [-0.15, -0.1) is 0 Å². The predicted molar refractivity (Wildman–Crippen MR) is 83.2 cm³/mol. The Morgan fingerprint density at radius 3 is 2.55 bits per heavy atom. The smallest absolute Gasteiger partial charge is 0.325 e. The van der Waals surface area contributed by atoms with E-state index in [0.29, 0.717) is 23.7 Å². The van der Waals surface area contributed by atoms with E-state index in [-0.39, 0.29) is 0 Å². The van der Waals surface area contributed by atoms with Gasteiger partial charge in [-0.05, 0) is 23.3 Å². The summed E-state index contributed by atoms with van der Waals surface area (Å²) in [6.45, 7) is 0.505. The van der Waals surface area contributed by atoms with Crippen LogP contribution in [0.25, 0.3) is 0 Å². The minimum Gasteiger partial charge on any atom is -0.493 e. The minimum atomic E-state index is -1.08. The number of aliphatic carboxylic acids is 1. The third-order valence-electron chi connectivity index (χ3n) is 3.30. The fourth-order valence-electron chi connectivity index (χ4n) is 2.06. The van der Waals surface area contributed by atoms with E-state index >= 15 is 0 Å². The van der Waals surface area contributed by atoms with Gasteiger partial charge in [-0.2, -0.15) is 0 Å². The van der Waals surface area contributed by atoms with E-state index in [1.165, 1.54) is 12.7 Å². The van der Waals surface area contributed by atoms with Gasteiger partial charge in [0.05, 0.1) is 13.7 Å². The van der Waals surface area contributed by atoms with Crippen molar-refractivity contribution in [3.05, 3.63) is 59.7 Å².